The Balaban J connectivity index is 2.32. The van der Waals surface area contributed by atoms with Crippen LogP contribution in [0.1, 0.15) is 68.8 Å². The number of furan rings is 1. The second-order valence-electron chi connectivity index (χ2n) is 8.27. The van der Waals surface area contributed by atoms with E-state index in [-0.39, 0.29) is 16.6 Å². The molecular weight excluding hydrogens is 396 g/mol. The van der Waals surface area contributed by atoms with E-state index in [1.807, 2.05) is 53.7 Å². The van der Waals surface area contributed by atoms with Crippen LogP contribution in [0.2, 0.25) is 0 Å². The van der Waals surface area contributed by atoms with Gasteiger partial charge in [-0.2, -0.15) is 5.10 Å². The Morgan fingerprint density at radius 3 is 2.08 bits per heavy atom. The van der Waals surface area contributed by atoms with Crippen molar-refractivity contribution in [3.8, 4) is 5.75 Å². The molecule has 0 fully saturated rings. The first kappa shape index (κ1) is 20.2. The Morgan fingerprint density at radius 2 is 1.65 bits per heavy atom. The number of phenolic OH excluding ortho intramolecular Hbond substituents is 1. The van der Waals surface area contributed by atoms with Gasteiger partial charge in [0, 0.05) is 11.1 Å². The van der Waals surface area contributed by atoms with Crippen LogP contribution in [0.25, 0.3) is 0 Å². The molecule has 5 nitrogen and oxygen atoms in total. The van der Waals surface area contributed by atoms with Crippen LogP contribution in [0.5, 0.6) is 5.75 Å². The van der Waals surface area contributed by atoms with Gasteiger partial charge in [-0.25, -0.2) is 5.43 Å². The molecule has 140 valence electrons. The van der Waals surface area contributed by atoms with Crippen molar-refractivity contribution < 1.29 is 14.3 Å². The lowest BCUT2D eigenvalue weighted by Gasteiger charge is -2.27. The first-order valence-electron chi connectivity index (χ1n) is 8.36. The number of hydrazone groups is 1. The lowest BCUT2D eigenvalue weighted by molar-refractivity contribution is 0.0926. The summed E-state index contributed by atoms with van der Waals surface area (Å²) in [6, 6.07) is 6.99. The topological polar surface area (TPSA) is 74.8 Å². The van der Waals surface area contributed by atoms with Gasteiger partial charge in [0.15, 0.2) is 10.4 Å². The summed E-state index contributed by atoms with van der Waals surface area (Å²) in [7, 11) is 0. The maximum atomic E-state index is 12.0. The van der Waals surface area contributed by atoms with Crippen LogP contribution >= 0.6 is 15.9 Å². The Morgan fingerprint density at radius 1 is 1.12 bits per heavy atom. The molecule has 0 spiro atoms. The van der Waals surface area contributed by atoms with Crippen molar-refractivity contribution >= 4 is 28.1 Å². The number of amides is 1. The number of nitrogens with zero attached hydrogens (tertiary/aromatic N) is 1. The molecule has 0 aliphatic heterocycles. The number of aromatic hydroxyl groups is 1. The number of hydrogen-bond donors (Lipinski definition) is 2. The molecule has 1 heterocycles. The van der Waals surface area contributed by atoms with Gasteiger partial charge in [-0.15, -0.1) is 0 Å². The largest absolute Gasteiger partial charge is 0.507 e. The molecule has 0 aliphatic carbocycles. The summed E-state index contributed by atoms with van der Waals surface area (Å²) in [5.41, 5.74) is 4.48. The molecule has 0 saturated heterocycles. The average Bonchev–Trinajstić information content (AvgIpc) is 2.93. The second kappa shape index (κ2) is 7.27. The molecule has 26 heavy (non-hydrogen) atoms. The summed E-state index contributed by atoms with van der Waals surface area (Å²) >= 11 is 3.16. The summed E-state index contributed by atoms with van der Waals surface area (Å²) in [6.45, 7) is 12.3. The Bertz CT molecular complexity index is 804. The molecule has 0 saturated carbocycles. The highest BCUT2D eigenvalue weighted by Gasteiger charge is 2.26. The minimum atomic E-state index is -0.433. The van der Waals surface area contributed by atoms with Crippen LogP contribution in [0, 0.1) is 0 Å². The molecule has 1 amide bonds. The lowest BCUT2D eigenvalue weighted by atomic mass is 9.78. The monoisotopic (exact) mass is 420 g/mol. The third kappa shape index (κ3) is 4.75. The molecule has 2 N–H and O–H groups in total. The molecule has 0 atom stereocenters. The maximum Gasteiger partial charge on any atom is 0.307 e. The highest BCUT2D eigenvalue weighted by atomic mass is 79.9. The number of hydrogen-bond acceptors (Lipinski definition) is 4. The summed E-state index contributed by atoms with van der Waals surface area (Å²) in [5.74, 6) is 0.0509. The zero-order valence-electron chi connectivity index (χ0n) is 16.0. The predicted molar refractivity (Wildman–Crippen MR) is 107 cm³/mol. The number of carbonyl (C=O) groups is 1. The van der Waals surface area contributed by atoms with E-state index in [1.54, 1.807) is 18.3 Å². The number of benzene rings is 1. The predicted octanol–water partition coefficient (Wildman–Crippen LogP) is 5.11. The van der Waals surface area contributed by atoms with E-state index in [4.69, 9.17) is 4.42 Å². The minimum absolute atomic E-state index is 0.172. The average molecular weight is 421 g/mol. The van der Waals surface area contributed by atoms with E-state index in [0.717, 1.165) is 16.7 Å². The standard InChI is InChI=1S/C20H25BrN2O3/c1-19(2,3)13-9-12(10-14(17(13)24)20(4,5)6)11-22-23-18(25)15-7-8-16(21)26-15/h7-11,24H,1-6H3,(H,23,25). The number of halogens is 1. The van der Waals surface area contributed by atoms with E-state index >= 15 is 0 Å². The van der Waals surface area contributed by atoms with Gasteiger partial charge in [0.2, 0.25) is 0 Å². The first-order chi connectivity index (χ1) is 11.9. The normalized spacial score (nSPS) is 12.6. The number of carbonyl (C=O) groups excluding carboxylic acids is 1. The van der Waals surface area contributed by atoms with Crippen LogP contribution in [0.3, 0.4) is 0 Å². The molecular formula is C20H25BrN2O3. The van der Waals surface area contributed by atoms with Crippen molar-refractivity contribution in [3.05, 3.63) is 51.4 Å². The van der Waals surface area contributed by atoms with Gasteiger partial charge in [0.1, 0.15) is 5.75 Å². The smallest absolute Gasteiger partial charge is 0.307 e. The second-order valence-corrected chi connectivity index (χ2v) is 9.05. The minimum Gasteiger partial charge on any atom is -0.507 e. The quantitative estimate of drug-likeness (QED) is 0.535. The zero-order chi connectivity index (χ0) is 19.7. The van der Waals surface area contributed by atoms with E-state index in [9.17, 15) is 9.90 Å². The third-order valence-electron chi connectivity index (χ3n) is 3.92. The van der Waals surface area contributed by atoms with Gasteiger partial charge in [-0.1, -0.05) is 41.5 Å². The molecule has 0 bridgehead atoms. The van der Waals surface area contributed by atoms with Crippen LogP contribution in [0.4, 0.5) is 0 Å². The van der Waals surface area contributed by atoms with Crippen LogP contribution in [-0.2, 0) is 10.8 Å². The highest BCUT2D eigenvalue weighted by molar-refractivity contribution is 9.10. The SMILES string of the molecule is CC(C)(C)c1cc(C=NNC(=O)c2ccc(Br)o2)cc(C(C)(C)C)c1O. The fourth-order valence-corrected chi connectivity index (χ4v) is 2.84. The fourth-order valence-electron chi connectivity index (χ4n) is 2.53. The fraction of sp³-hybridized carbons (Fsp3) is 0.400. The Labute approximate surface area is 162 Å². The van der Waals surface area contributed by atoms with E-state index in [2.05, 4.69) is 26.5 Å². The summed E-state index contributed by atoms with van der Waals surface area (Å²) in [4.78, 5) is 12.0. The van der Waals surface area contributed by atoms with Crippen molar-refractivity contribution in [1.29, 1.82) is 0 Å². The van der Waals surface area contributed by atoms with Crippen LogP contribution in [-0.4, -0.2) is 17.2 Å². The van der Waals surface area contributed by atoms with Gasteiger partial charge in [-0.05, 0) is 56.6 Å². The van der Waals surface area contributed by atoms with Crippen molar-refractivity contribution in [2.45, 2.75) is 52.4 Å². The summed E-state index contributed by atoms with van der Waals surface area (Å²) in [5, 5.41) is 14.7. The first-order valence-corrected chi connectivity index (χ1v) is 9.15. The van der Waals surface area contributed by atoms with Gasteiger partial charge >= 0.3 is 5.91 Å². The van der Waals surface area contributed by atoms with Crippen molar-refractivity contribution in [2.75, 3.05) is 0 Å². The van der Waals surface area contributed by atoms with Gasteiger partial charge < -0.3 is 9.52 Å². The summed E-state index contributed by atoms with van der Waals surface area (Å²) in [6.07, 6.45) is 1.57. The zero-order valence-corrected chi connectivity index (χ0v) is 17.6. The van der Waals surface area contributed by atoms with E-state index < -0.39 is 5.91 Å². The van der Waals surface area contributed by atoms with Crippen molar-refractivity contribution in [1.82, 2.24) is 5.43 Å². The maximum absolute atomic E-state index is 12.0. The van der Waals surface area contributed by atoms with Crippen molar-refractivity contribution in [3.63, 3.8) is 0 Å². The van der Waals surface area contributed by atoms with Crippen LogP contribution < -0.4 is 5.43 Å². The molecule has 2 aromatic rings. The molecule has 1 aromatic heterocycles. The molecule has 1 aromatic carbocycles. The van der Waals surface area contributed by atoms with Crippen LogP contribution in [0.15, 0.2) is 38.5 Å². The Hall–Kier alpha value is -2.08. The van der Waals surface area contributed by atoms with Gasteiger partial charge in [-0.3, -0.25) is 4.79 Å². The highest BCUT2D eigenvalue weighted by Crippen LogP contribution is 2.39. The molecule has 2 rings (SSSR count). The lowest BCUT2D eigenvalue weighted by Crippen LogP contribution is -2.19. The molecule has 0 aliphatic rings. The van der Waals surface area contributed by atoms with E-state index in [0.29, 0.717) is 10.4 Å². The van der Waals surface area contributed by atoms with Gasteiger partial charge in [0.25, 0.3) is 0 Å². The third-order valence-corrected chi connectivity index (χ3v) is 4.35. The summed E-state index contributed by atoms with van der Waals surface area (Å²) < 4.78 is 5.67. The number of nitrogens with one attached hydrogen (secondary N) is 1. The Kier molecular flexibility index (Phi) is 5.66. The molecule has 0 unspecified atom stereocenters. The van der Waals surface area contributed by atoms with Crippen molar-refractivity contribution in [2.24, 2.45) is 5.10 Å². The number of phenols is 1. The number of rotatable bonds is 3. The van der Waals surface area contributed by atoms with E-state index in [1.165, 1.54) is 0 Å². The molecule has 6 heteroatoms. The molecule has 0 radical (unpaired) electrons. The van der Waals surface area contributed by atoms with Gasteiger partial charge in [0.05, 0.1) is 6.21 Å².